The number of aromatic nitrogens is 3. The first-order valence-electron chi connectivity index (χ1n) is 8.83. The van der Waals surface area contributed by atoms with Gasteiger partial charge in [0.05, 0.1) is 17.1 Å². The van der Waals surface area contributed by atoms with E-state index in [1.807, 2.05) is 12.1 Å². The van der Waals surface area contributed by atoms with E-state index in [9.17, 15) is 8.42 Å². The van der Waals surface area contributed by atoms with Gasteiger partial charge in [-0.25, -0.2) is 13.1 Å². The topological polar surface area (TPSA) is 80.1 Å². The highest BCUT2D eigenvalue weighted by Gasteiger charge is 2.31. The molecule has 7 nitrogen and oxygen atoms in total. The van der Waals surface area contributed by atoms with Crippen molar-refractivity contribution in [3.63, 3.8) is 0 Å². The summed E-state index contributed by atoms with van der Waals surface area (Å²) in [6.45, 7) is 2.80. The Hall–Kier alpha value is -1.77. The van der Waals surface area contributed by atoms with Crippen LogP contribution in [0.25, 0.3) is 0 Å². The maximum Gasteiger partial charge on any atom is 0.243 e. The number of nitrogens with one attached hydrogen (secondary N) is 1. The Balaban J connectivity index is 1.59. The summed E-state index contributed by atoms with van der Waals surface area (Å²) in [7, 11) is -3.48. The Labute approximate surface area is 148 Å². The van der Waals surface area contributed by atoms with Gasteiger partial charge < -0.3 is 5.32 Å². The van der Waals surface area contributed by atoms with Crippen LogP contribution in [0.5, 0.6) is 0 Å². The SMILES string of the molecule is O=S(=O)(c1ccc2c(c1)CCCNC2)N1CCCC(n2ccnn2)C1. The van der Waals surface area contributed by atoms with E-state index in [1.165, 1.54) is 5.56 Å². The van der Waals surface area contributed by atoms with Crippen molar-refractivity contribution in [3.8, 4) is 0 Å². The molecule has 8 heteroatoms. The van der Waals surface area contributed by atoms with Gasteiger partial charge in [0.25, 0.3) is 0 Å². The molecule has 25 heavy (non-hydrogen) atoms. The highest BCUT2D eigenvalue weighted by molar-refractivity contribution is 7.89. The molecule has 1 N–H and O–H groups in total. The van der Waals surface area contributed by atoms with Gasteiger partial charge in [-0.05, 0) is 55.5 Å². The van der Waals surface area contributed by atoms with Gasteiger partial charge in [-0.2, -0.15) is 4.31 Å². The molecular weight excluding hydrogens is 338 g/mol. The van der Waals surface area contributed by atoms with E-state index in [2.05, 4.69) is 15.6 Å². The summed E-state index contributed by atoms with van der Waals surface area (Å²) in [5.74, 6) is 0. The number of benzene rings is 1. The second-order valence-electron chi connectivity index (χ2n) is 6.75. The first kappa shape index (κ1) is 16.7. The molecule has 0 spiro atoms. The molecule has 4 rings (SSSR count). The van der Waals surface area contributed by atoms with Crippen molar-refractivity contribution < 1.29 is 8.42 Å². The van der Waals surface area contributed by atoms with Crippen LogP contribution in [0, 0.1) is 0 Å². The van der Waals surface area contributed by atoms with E-state index >= 15 is 0 Å². The molecule has 2 aliphatic rings. The Bertz CT molecular complexity index is 835. The maximum atomic E-state index is 13.1. The molecule has 1 aromatic heterocycles. The van der Waals surface area contributed by atoms with Crippen molar-refractivity contribution in [2.75, 3.05) is 19.6 Å². The molecule has 0 bridgehead atoms. The van der Waals surface area contributed by atoms with E-state index < -0.39 is 10.0 Å². The van der Waals surface area contributed by atoms with Crippen LogP contribution in [0.2, 0.25) is 0 Å². The van der Waals surface area contributed by atoms with Crippen LogP contribution in [-0.2, 0) is 23.0 Å². The minimum Gasteiger partial charge on any atom is -0.313 e. The molecule has 0 amide bonds. The normalized spacial score (nSPS) is 22.3. The number of sulfonamides is 1. The summed E-state index contributed by atoms with van der Waals surface area (Å²) in [4.78, 5) is 0.410. The predicted octanol–water partition coefficient (Wildman–Crippen LogP) is 1.34. The van der Waals surface area contributed by atoms with E-state index in [4.69, 9.17) is 0 Å². The lowest BCUT2D eigenvalue weighted by molar-refractivity contribution is 0.251. The van der Waals surface area contributed by atoms with Crippen LogP contribution >= 0.6 is 0 Å². The number of piperidine rings is 1. The van der Waals surface area contributed by atoms with E-state index in [0.717, 1.165) is 44.3 Å². The van der Waals surface area contributed by atoms with Gasteiger partial charge >= 0.3 is 0 Å². The molecule has 1 saturated heterocycles. The van der Waals surface area contributed by atoms with Gasteiger partial charge in [0.1, 0.15) is 0 Å². The lowest BCUT2D eigenvalue weighted by Crippen LogP contribution is -2.40. The zero-order valence-corrected chi connectivity index (χ0v) is 15.0. The first-order valence-corrected chi connectivity index (χ1v) is 10.3. The van der Waals surface area contributed by atoms with E-state index in [0.29, 0.717) is 18.0 Å². The molecule has 0 radical (unpaired) electrons. The van der Waals surface area contributed by atoms with E-state index in [-0.39, 0.29) is 6.04 Å². The molecule has 0 saturated carbocycles. The van der Waals surface area contributed by atoms with Crippen molar-refractivity contribution in [3.05, 3.63) is 41.7 Å². The Morgan fingerprint density at radius 1 is 1.20 bits per heavy atom. The first-order chi connectivity index (χ1) is 12.1. The monoisotopic (exact) mass is 361 g/mol. The minimum absolute atomic E-state index is 0.0519. The molecule has 2 aromatic rings. The Morgan fingerprint density at radius 2 is 2.12 bits per heavy atom. The third-order valence-corrected chi connectivity index (χ3v) is 6.97. The number of rotatable bonds is 3. The summed E-state index contributed by atoms with van der Waals surface area (Å²) < 4.78 is 29.6. The standard InChI is InChI=1S/C17H23N5O2S/c23-25(24,17-6-5-15-12-18-7-1-3-14(15)11-17)21-9-2-4-16(13-21)22-10-8-19-20-22/h5-6,8,10-11,16,18H,1-4,7,9,12-13H2. The molecule has 134 valence electrons. The van der Waals surface area contributed by atoms with Crippen LogP contribution < -0.4 is 5.32 Å². The van der Waals surface area contributed by atoms with Gasteiger partial charge in [0.2, 0.25) is 10.0 Å². The summed E-state index contributed by atoms with van der Waals surface area (Å²) in [5, 5.41) is 11.2. The number of aryl methyl sites for hydroxylation is 1. The summed E-state index contributed by atoms with van der Waals surface area (Å²) in [6.07, 6.45) is 7.15. The number of nitrogens with zero attached hydrogens (tertiary/aromatic N) is 4. The van der Waals surface area contributed by atoms with Crippen molar-refractivity contribution in [2.24, 2.45) is 0 Å². The van der Waals surface area contributed by atoms with Crippen molar-refractivity contribution in [2.45, 2.75) is 43.2 Å². The third kappa shape index (κ3) is 3.33. The molecule has 2 aliphatic heterocycles. The fourth-order valence-electron chi connectivity index (χ4n) is 3.71. The van der Waals surface area contributed by atoms with Crippen molar-refractivity contribution >= 4 is 10.0 Å². The average molecular weight is 361 g/mol. The van der Waals surface area contributed by atoms with Crippen LogP contribution in [0.4, 0.5) is 0 Å². The zero-order valence-electron chi connectivity index (χ0n) is 14.1. The van der Waals surface area contributed by atoms with E-state index in [1.54, 1.807) is 27.4 Å². The highest BCUT2D eigenvalue weighted by Crippen LogP contribution is 2.27. The molecule has 1 fully saturated rings. The lowest BCUT2D eigenvalue weighted by Gasteiger charge is -2.31. The molecule has 1 aromatic carbocycles. The largest absolute Gasteiger partial charge is 0.313 e. The molecule has 0 aliphatic carbocycles. The van der Waals surface area contributed by atoms with Crippen LogP contribution in [-0.4, -0.2) is 47.4 Å². The van der Waals surface area contributed by atoms with Crippen LogP contribution in [0.15, 0.2) is 35.5 Å². The number of hydrogen-bond donors (Lipinski definition) is 1. The van der Waals surface area contributed by atoms with Gasteiger partial charge in [-0.3, -0.25) is 0 Å². The second-order valence-corrected chi connectivity index (χ2v) is 8.69. The fraction of sp³-hybridized carbons (Fsp3) is 0.529. The Kier molecular flexibility index (Phi) is 4.58. The zero-order chi connectivity index (χ0) is 17.3. The van der Waals surface area contributed by atoms with Gasteiger partial charge in [0, 0.05) is 25.8 Å². The quantitative estimate of drug-likeness (QED) is 0.892. The third-order valence-electron chi connectivity index (χ3n) is 5.10. The van der Waals surface area contributed by atoms with Crippen molar-refractivity contribution in [1.82, 2.24) is 24.6 Å². The van der Waals surface area contributed by atoms with Gasteiger partial charge in [-0.1, -0.05) is 11.3 Å². The minimum atomic E-state index is -3.48. The van der Waals surface area contributed by atoms with Crippen molar-refractivity contribution in [1.29, 1.82) is 0 Å². The predicted molar refractivity (Wildman–Crippen MR) is 93.5 cm³/mol. The number of fused-ring (bicyclic) bond motifs is 1. The van der Waals surface area contributed by atoms with Gasteiger partial charge in [0.15, 0.2) is 0 Å². The molecular formula is C17H23N5O2S. The molecule has 1 unspecified atom stereocenters. The van der Waals surface area contributed by atoms with Crippen LogP contribution in [0.3, 0.4) is 0 Å². The summed E-state index contributed by atoms with van der Waals surface area (Å²) in [5.41, 5.74) is 2.35. The smallest absolute Gasteiger partial charge is 0.243 e. The maximum absolute atomic E-state index is 13.1. The Morgan fingerprint density at radius 3 is 2.96 bits per heavy atom. The van der Waals surface area contributed by atoms with Crippen LogP contribution in [0.1, 0.15) is 36.4 Å². The molecule has 3 heterocycles. The summed E-state index contributed by atoms with van der Waals surface area (Å²) >= 11 is 0. The average Bonchev–Trinajstić information content (AvgIpc) is 3.07. The highest BCUT2D eigenvalue weighted by atomic mass is 32.2. The fourth-order valence-corrected chi connectivity index (χ4v) is 5.28. The molecule has 1 atom stereocenters. The summed E-state index contributed by atoms with van der Waals surface area (Å²) in [6, 6.07) is 5.63. The van der Waals surface area contributed by atoms with Gasteiger partial charge in [-0.15, -0.1) is 5.10 Å². The number of hydrogen-bond acceptors (Lipinski definition) is 5. The lowest BCUT2D eigenvalue weighted by atomic mass is 10.0. The second kappa shape index (κ2) is 6.86.